The maximum atomic E-state index is 11.6. The number of hydrogen-bond donors (Lipinski definition) is 1. The molecule has 0 bridgehead atoms. The van der Waals surface area contributed by atoms with Gasteiger partial charge in [-0.1, -0.05) is 24.9 Å². The van der Waals surface area contributed by atoms with Crippen molar-refractivity contribution in [2.24, 2.45) is 0 Å². The van der Waals surface area contributed by atoms with Crippen molar-refractivity contribution in [3.63, 3.8) is 0 Å². The number of carbonyl (C=O) groups excluding carboxylic acids is 1. The Hall–Kier alpha value is -1.53. The first-order valence-electron chi connectivity index (χ1n) is 9.13. The SMILES string of the molecule is CCCCN(C(=S)Nc1cc(Cl)ccc1OC)C1CCN(C(C)=O)CC1. The number of unbranched alkanes of at least 4 members (excludes halogenated alkanes) is 1. The van der Waals surface area contributed by atoms with E-state index in [1.165, 1.54) is 0 Å². The molecule has 26 heavy (non-hydrogen) atoms. The molecule has 1 heterocycles. The molecular formula is C19H28ClN3O2S. The fraction of sp³-hybridized carbons (Fsp3) is 0.579. The zero-order valence-electron chi connectivity index (χ0n) is 15.8. The van der Waals surface area contributed by atoms with E-state index >= 15 is 0 Å². The van der Waals surface area contributed by atoms with Crippen molar-refractivity contribution in [2.45, 2.75) is 45.6 Å². The van der Waals surface area contributed by atoms with Gasteiger partial charge in [0, 0.05) is 37.6 Å². The number of benzene rings is 1. The van der Waals surface area contributed by atoms with Crippen LogP contribution in [0.2, 0.25) is 5.02 Å². The number of nitrogens with one attached hydrogen (secondary N) is 1. The number of likely N-dealkylation sites (tertiary alicyclic amines) is 1. The molecule has 1 amide bonds. The van der Waals surface area contributed by atoms with E-state index in [0.717, 1.165) is 51.0 Å². The van der Waals surface area contributed by atoms with Gasteiger partial charge in [-0.05, 0) is 49.7 Å². The number of rotatable bonds is 6. The molecule has 0 saturated carbocycles. The minimum atomic E-state index is 0.146. The third kappa shape index (κ3) is 5.48. The molecule has 1 aliphatic rings. The summed E-state index contributed by atoms with van der Waals surface area (Å²) in [6.45, 7) is 6.27. The highest BCUT2D eigenvalue weighted by Gasteiger charge is 2.27. The van der Waals surface area contributed by atoms with E-state index < -0.39 is 0 Å². The molecule has 1 aromatic carbocycles. The predicted molar refractivity (Wildman–Crippen MR) is 111 cm³/mol. The second-order valence-corrected chi connectivity index (χ2v) is 7.38. The fourth-order valence-corrected chi connectivity index (χ4v) is 3.76. The molecule has 1 N–H and O–H groups in total. The number of halogens is 1. The van der Waals surface area contributed by atoms with Crippen LogP contribution in [0.25, 0.3) is 0 Å². The van der Waals surface area contributed by atoms with Gasteiger partial charge < -0.3 is 19.9 Å². The number of methoxy groups -OCH3 is 1. The molecule has 1 saturated heterocycles. The number of ether oxygens (including phenoxy) is 1. The lowest BCUT2D eigenvalue weighted by atomic mass is 10.0. The molecule has 0 aromatic heterocycles. The number of thiocarbonyl (C=S) groups is 1. The number of amides is 1. The summed E-state index contributed by atoms with van der Waals surface area (Å²) in [4.78, 5) is 15.7. The van der Waals surface area contributed by atoms with Gasteiger partial charge in [0.05, 0.1) is 12.8 Å². The molecule has 0 atom stereocenters. The van der Waals surface area contributed by atoms with Gasteiger partial charge in [-0.25, -0.2) is 0 Å². The first-order chi connectivity index (χ1) is 12.5. The lowest BCUT2D eigenvalue weighted by molar-refractivity contribution is -0.130. The quantitative estimate of drug-likeness (QED) is 0.730. The number of piperidine rings is 1. The van der Waals surface area contributed by atoms with Crippen molar-refractivity contribution in [1.82, 2.24) is 9.80 Å². The van der Waals surface area contributed by atoms with Gasteiger partial charge in [-0.2, -0.15) is 0 Å². The summed E-state index contributed by atoms with van der Waals surface area (Å²) < 4.78 is 5.40. The van der Waals surface area contributed by atoms with Gasteiger partial charge in [0.25, 0.3) is 0 Å². The molecule has 0 spiro atoms. The highest BCUT2D eigenvalue weighted by atomic mass is 35.5. The molecule has 0 unspecified atom stereocenters. The summed E-state index contributed by atoms with van der Waals surface area (Å²) in [6.07, 6.45) is 4.03. The first-order valence-corrected chi connectivity index (χ1v) is 9.91. The summed E-state index contributed by atoms with van der Waals surface area (Å²) in [5.41, 5.74) is 0.771. The van der Waals surface area contributed by atoms with Crippen molar-refractivity contribution in [2.75, 3.05) is 32.1 Å². The Morgan fingerprint density at radius 3 is 2.69 bits per heavy atom. The zero-order valence-corrected chi connectivity index (χ0v) is 17.3. The van der Waals surface area contributed by atoms with Gasteiger partial charge in [0.2, 0.25) is 5.91 Å². The average molecular weight is 398 g/mol. The Kier molecular flexibility index (Phi) is 7.97. The maximum absolute atomic E-state index is 11.6. The summed E-state index contributed by atoms with van der Waals surface area (Å²) in [5.74, 6) is 0.853. The van der Waals surface area contributed by atoms with Crippen LogP contribution < -0.4 is 10.1 Å². The van der Waals surface area contributed by atoms with E-state index in [4.69, 9.17) is 28.6 Å². The number of hydrogen-bond acceptors (Lipinski definition) is 3. The van der Waals surface area contributed by atoms with Crippen LogP contribution in [-0.2, 0) is 4.79 Å². The lowest BCUT2D eigenvalue weighted by Crippen LogP contribution is -2.49. The van der Waals surface area contributed by atoms with Gasteiger partial charge in [0.1, 0.15) is 5.75 Å². The Morgan fingerprint density at radius 2 is 2.12 bits per heavy atom. The number of anilines is 1. The van der Waals surface area contributed by atoms with E-state index in [0.29, 0.717) is 21.9 Å². The zero-order chi connectivity index (χ0) is 19.1. The Bertz CT molecular complexity index is 633. The van der Waals surface area contributed by atoms with E-state index in [1.807, 2.05) is 17.0 Å². The Labute approximate surface area is 166 Å². The topological polar surface area (TPSA) is 44.8 Å². The molecule has 7 heteroatoms. The van der Waals surface area contributed by atoms with E-state index in [9.17, 15) is 4.79 Å². The first kappa shape index (κ1) is 20.8. The summed E-state index contributed by atoms with van der Waals surface area (Å²) in [5, 5.41) is 4.62. The normalized spacial score (nSPS) is 14.8. The van der Waals surface area contributed by atoms with Crippen molar-refractivity contribution in [3.05, 3.63) is 23.2 Å². The highest BCUT2D eigenvalue weighted by molar-refractivity contribution is 7.80. The standard InChI is InChI=1S/C19H28ClN3O2S/c1-4-5-10-23(16-8-11-22(12-9-16)14(2)24)19(26)21-17-13-15(20)6-7-18(17)25-3/h6-7,13,16H,4-5,8-12H2,1-3H3,(H,21,26). The van der Waals surface area contributed by atoms with Gasteiger partial charge in [-0.15, -0.1) is 0 Å². The molecular weight excluding hydrogens is 370 g/mol. The van der Waals surface area contributed by atoms with Crippen molar-refractivity contribution >= 4 is 40.5 Å². The van der Waals surface area contributed by atoms with Crippen LogP contribution in [0, 0.1) is 0 Å². The molecule has 1 aromatic rings. The van der Waals surface area contributed by atoms with Gasteiger partial charge in [-0.3, -0.25) is 4.79 Å². The third-order valence-corrected chi connectivity index (χ3v) is 5.34. The molecule has 1 fully saturated rings. The molecule has 1 aliphatic heterocycles. The number of nitrogens with zero attached hydrogens (tertiary/aromatic N) is 2. The summed E-state index contributed by atoms with van der Waals surface area (Å²) >= 11 is 11.8. The molecule has 0 aliphatic carbocycles. The second kappa shape index (κ2) is 9.97. The largest absolute Gasteiger partial charge is 0.495 e. The van der Waals surface area contributed by atoms with Gasteiger partial charge >= 0.3 is 0 Å². The third-order valence-electron chi connectivity index (χ3n) is 4.77. The van der Waals surface area contributed by atoms with Crippen LogP contribution in [0.5, 0.6) is 5.75 Å². The summed E-state index contributed by atoms with van der Waals surface area (Å²) in [7, 11) is 1.63. The molecule has 144 valence electrons. The minimum Gasteiger partial charge on any atom is -0.495 e. The summed E-state index contributed by atoms with van der Waals surface area (Å²) in [6, 6.07) is 5.78. The van der Waals surface area contributed by atoms with Crippen molar-refractivity contribution < 1.29 is 9.53 Å². The van der Waals surface area contributed by atoms with Crippen LogP contribution in [0.1, 0.15) is 39.5 Å². The minimum absolute atomic E-state index is 0.146. The fourth-order valence-electron chi connectivity index (χ4n) is 3.24. The smallest absolute Gasteiger partial charge is 0.219 e. The predicted octanol–water partition coefficient (Wildman–Crippen LogP) is 4.16. The van der Waals surface area contributed by atoms with E-state index in [2.05, 4.69) is 17.1 Å². The monoisotopic (exact) mass is 397 g/mol. The average Bonchev–Trinajstić information content (AvgIpc) is 2.62. The molecule has 2 rings (SSSR count). The van der Waals surface area contributed by atoms with Crippen molar-refractivity contribution in [3.8, 4) is 5.75 Å². The van der Waals surface area contributed by atoms with E-state index in [-0.39, 0.29) is 5.91 Å². The second-order valence-electron chi connectivity index (χ2n) is 6.56. The van der Waals surface area contributed by atoms with Crippen LogP contribution in [0.3, 0.4) is 0 Å². The Morgan fingerprint density at radius 1 is 1.42 bits per heavy atom. The Balaban J connectivity index is 2.10. The highest BCUT2D eigenvalue weighted by Crippen LogP contribution is 2.28. The van der Waals surface area contributed by atoms with Crippen LogP contribution in [-0.4, -0.2) is 53.6 Å². The van der Waals surface area contributed by atoms with Gasteiger partial charge in [0.15, 0.2) is 5.11 Å². The molecule has 0 radical (unpaired) electrons. The van der Waals surface area contributed by atoms with Crippen LogP contribution in [0.15, 0.2) is 18.2 Å². The van der Waals surface area contributed by atoms with Crippen LogP contribution >= 0.6 is 23.8 Å². The number of carbonyl (C=O) groups is 1. The van der Waals surface area contributed by atoms with Crippen LogP contribution in [0.4, 0.5) is 5.69 Å². The van der Waals surface area contributed by atoms with E-state index in [1.54, 1.807) is 20.1 Å². The lowest BCUT2D eigenvalue weighted by Gasteiger charge is -2.39. The maximum Gasteiger partial charge on any atom is 0.219 e. The van der Waals surface area contributed by atoms with Crippen molar-refractivity contribution in [1.29, 1.82) is 0 Å². The molecule has 5 nitrogen and oxygen atoms in total.